The standard InChI is InChI=1S/C13H19N3O/c1-10-5-4-6-16-8-12(15-13(10)16)7-14-11(2)9-17-3/h4-6,8,11,14H,7,9H2,1-3H3. The molecule has 17 heavy (non-hydrogen) atoms. The van der Waals surface area contributed by atoms with Crippen molar-refractivity contribution in [2.24, 2.45) is 0 Å². The summed E-state index contributed by atoms with van der Waals surface area (Å²) in [7, 11) is 1.71. The van der Waals surface area contributed by atoms with E-state index in [-0.39, 0.29) is 0 Å². The van der Waals surface area contributed by atoms with E-state index in [2.05, 4.69) is 40.8 Å². The Bertz CT molecular complexity index is 492. The van der Waals surface area contributed by atoms with E-state index in [9.17, 15) is 0 Å². The number of imidazole rings is 1. The first-order valence-electron chi connectivity index (χ1n) is 5.86. The number of pyridine rings is 1. The van der Waals surface area contributed by atoms with Crippen LogP contribution in [0.4, 0.5) is 0 Å². The van der Waals surface area contributed by atoms with Crippen LogP contribution in [0.25, 0.3) is 5.65 Å². The fraction of sp³-hybridized carbons (Fsp3) is 0.462. The Morgan fingerprint density at radius 3 is 3.06 bits per heavy atom. The molecule has 0 aliphatic heterocycles. The van der Waals surface area contributed by atoms with E-state index >= 15 is 0 Å². The summed E-state index contributed by atoms with van der Waals surface area (Å²) >= 11 is 0. The molecule has 0 saturated carbocycles. The van der Waals surface area contributed by atoms with Gasteiger partial charge in [-0.25, -0.2) is 4.98 Å². The quantitative estimate of drug-likeness (QED) is 0.855. The van der Waals surface area contributed by atoms with Crippen molar-refractivity contribution < 1.29 is 4.74 Å². The summed E-state index contributed by atoms with van der Waals surface area (Å²) < 4.78 is 7.14. The van der Waals surface area contributed by atoms with Crippen molar-refractivity contribution in [2.45, 2.75) is 26.4 Å². The molecule has 0 amide bonds. The van der Waals surface area contributed by atoms with Crippen molar-refractivity contribution in [3.05, 3.63) is 35.8 Å². The average Bonchev–Trinajstić information content (AvgIpc) is 2.71. The Hall–Kier alpha value is -1.39. The lowest BCUT2D eigenvalue weighted by Crippen LogP contribution is -2.29. The molecule has 0 aliphatic rings. The minimum Gasteiger partial charge on any atom is -0.383 e. The van der Waals surface area contributed by atoms with Crippen LogP contribution in [0.15, 0.2) is 24.5 Å². The number of hydrogen-bond acceptors (Lipinski definition) is 3. The van der Waals surface area contributed by atoms with Crippen molar-refractivity contribution in [1.29, 1.82) is 0 Å². The van der Waals surface area contributed by atoms with E-state index in [1.54, 1.807) is 7.11 Å². The van der Waals surface area contributed by atoms with Gasteiger partial charge in [0.2, 0.25) is 0 Å². The predicted molar refractivity (Wildman–Crippen MR) is 68.1 cm³/mol. The Morgan fingerprint density at radius 1 is 1.53 bits per heavy atom. The first-order chi connectivity index (χ1) is 8.20. The maximum absolute atomic E-state index is 5.08. The summed E-state index contributed by atoms with van der Waals surface area (Å²) in [6.45, 7) is 5.66. The van der Waals surface area contributed by atoms with E-state index in [4.69, 9.17) is 4.74 Å². The smallest absolute Gasteiger partial charge is 0.139 e. The third-order valence-electron chi connectivity index (χ3n) is 2.78. The molecule has 2 aromatic rings. The Morgan fingerprint density at radius 2 is 2.35 bits per heavy atom. The van der Waals surface area contributed by atoms with Crippen LogP contribution in [0.1, 0.15) is 18.2 Å². The molecular formula is C13H19N3O. The molecular weight excluding hydrogens is 214 g/mol. The van der Waals surface area contributed by atoms with Gasteiger partial charge in [-0.3, -0.25) is 0 Å². The van der Waals surface area contributed by atoms with Crippen molar-refractivity contribution in [2.75, 3.05) is 13.7 Å². The summed E-state index contributed by atoms with van der Waals surface area (Å²) in [4.78, 5) is 4.60. The van der Waals surface area contributed by atoms with Gasteiger partial charge in [0.25, 0.3) is 0 Å². The molecule has 2 heterocycles. The molecule has 0 saturated heterocycles. The summed E-state index contributed by atoms with van der Waals surface area (Å²) in [6, 6.07) is 4.45. The third-order valence-corrected chi connectivity index (χ3v) is 2.78. The van der Waals surface area contributed by atoms with Crippen LogP contribution in [0.3, 0.4) is 0 Å². The van der Waals surface area contributed by atoms with Crippen LogP contribution in [0, 0.1) is 6.92 Å². The fourth-order valence-electron chi connectivity index (χ4n) is 1.88. The number of ether oxygens (including phenoxy) is 1. The highest BCUT2D eigenvalue weighted by Gasteiger charge is 2.05. The first-order valence-corrected chi connectivity index (χ1v) is 5.86. The van der Waals surface area contributed by atoms with Gasteiger partial charge in [0.1, 0.15) is 5.65 Å². The van der Waals surface area contributed by atoms with Gasteiger partial charge in [0.15, 0.2) is 0 Å². The second-order valence-corrected chi connectivity index (χ2v) is 4.39. The largest absolute Gasteiger partial charge is 0.383 e. The van der Waals surface area contributed by atoms with E-state index in [1.807, 2.05) is 12.3 Å². The van der Waals surface area contributed by atoms with Gasteiger partial charge in [0.05, 0.1) is 12.3 Å². The van der Waals surface area contributed by atoms with Crippen molar-refractivity contribution in [3.8, 4) is 0 Å². The molecule has 4 nitrogen and oxygen atoms in total. The van der Waals surface area contributed by atoms with Gasteiger partial charge in [-0.2, -0.15) is 0 Å². The van der Waals surface area contributed by atoms with Gasteiger partial charge in [-0.1, -0.05) is 6.07 Å². The number of rotatable bonds is 5. The van der Waals surface area contributed by atoms with E-state index in [0.29, 0.717) is 12.6 Å². The van der Waals surface area contributed by atoms with Crippen molar-refractivity contribution in [1.82, 2.24) is 14.7 Å². The Kier molecular flexibility index (Phi) is 3.76. The van der Waals surface area contributed by atoms with Crippen LogP contribution in [-0.4, -0.2) is 29.1 Å². The molecule has 0 spiro atoms. The van der Waals surface area contributed by atoms with Gasteiger partial charge in [0, 0.05) is 32.1 Å². The molecule has 0 bridgehead atoms. The van der Waals surface area contributed by atoms with Gasteiger partial charge in [-0.15, -0.1) is 0 Å². The minimum absolute atomic E-state index is 0.339. The zero-order chi connectivity index (χ0) is 12.3. The lowest BCUT2D eigenvalue weighted by molar-refractivity contribution is 0.171. The van der Waals surface area contributed by atoms with E-state index < -0.39 is 0 Å². The molecule has 0 aliphatic carbocycles. The number of nitrogens with one attached hydrogen (secondary N) is 1. The van der Waals surface area contributed by atoms with Gasteiger partial charge in [-0.05, 0) is 25.5 Å². The van der Waals surface area contributed by atoms with Crippen LogP contribution < -0.4 is 5.32 Å². The molecule has 1 atom stereocenters. The van der Waals surface area contributed by atoms with Gasteiger partial charge < -0.3 is 14.5 Å². The average molecular weight is 233 g/mol. The lowest BCUT2D eigenvalue weighted by atomic mass is 10.3. The number of fused-ring (bicyclic) bond motifs is 1. The van der Waals surface area contributed by atoms with Crippen LogP contribution in [-0.2, 0) is 11.3 Å². The zero-order valence-corrected chi connectivity index (χ0v) is 10.6. The summed E-state index contributed by atoms with van der Waals surface area (Å²) in [5, 5.41) is 3.38. The number of aryl methyl sites for hydroxylation is 1. The molecule has 2 rings (SSSR count). The SMILES string of the molecule is COCC(C)NCc1cn2cccc(C)c2n1. The van der Waals surface area contributed by atoms with Crippen LogP contribution >= 0.6 is 0 Å². The normalized spacial score (nSPS) is 13.1. The monoisotopic (exact) mass is 233 g/mol. The van der Waals surface area contributed by atoms with Crippen molar-refractivity contribution in [3.63, 3.8) is 0 Å². The van der Waals surface area contributed by atoms with Crippen LogP contribution in [0.2, 0.25) is 0 Å². The fourth-order valence-corrected chi connectivity index (χ4v) is 1.88. The molecule has 0 fully saturated rings. The Labute approximate surface area is 102 Å². The number of hydrogen-bond donors (Lipinski definition) is 1. The molecule has 1 unspecified atom stereocenters. The zero-order valence-electron chi connectivity index (χ0n) is 10.6. The summed E-state index contributed by atoms with van der Waals surface area (Å²) in [5.74, 6) is 0. The molecule has 2 aromatic heterocycles. The summed E-state index contributed by atoms with van der Waals surface area (Å²) in [5.41, 5.74) is 3.29. The minimum atomic E-state index is 0.339. The molecule has 1 N–H and O–H groups in total. The number of methoxy groups -OCH3 is 1. The summed E-state index contributed by atoms with van der Waals surface area (Å²) in [6.07, 6.45) is 4.09. The van der Waals surface area contributed by atoms with E-state index in [0.717, 1.165) is 17.9 Å². The molecule has 4 heteroatoms. The Balaban J connectivity index is 2.07. The number of aromatic nitrogens is 2. The third kappa shape index (κ3) is 2.84. The molecule has 0 radical (unpaired) electrons. The second kappa shape index (κ2) is 5.29. The maximum atomic E-state index is 5.08. The molecule has 0 aromatic carbocycles. The number of nitrogens with zero attached hydrogens (tertiary/aromatic N) is 2. The lowest BCUT2D eigenvalue weighted by Gasteiger charge is -2.10. The van der Waals surface area contributed by atoms with Gasteiger partial charge >= 0.3 is 0 Å². The predicted octanol–water partition coefficient (Wildman–Crippen LogP) is 1.77. The molecule has 92 valence electrons. The second-order valence-electron chi connectivity index (χ2n) is 4.39. The van der Waals surface area contributed by atoms with Crippen molar-refractivity contribution >= 4 is 5.65 Å². The maximum Gasteiger partial charge on any atom is 0.139 e. The van der Waals surface area contributed by atoms with Crippen LogP contribution in [0.5, 0.6) is 0 Å². The topological polar surface area (TPSA) is 38.6 Å². The van der Waals surface area contributed by atoms with E-state index in [1.165, 1.54) is 5.56 Å². The highest BCUT2D eigenvalue weighted by molar-refractivity contribution is 5.47. The highest BCUT2D eigenvalue weighted by atomic mass is 16.5. The first kappa shape index (κ1) is 12.1. The highest BCUT2D eigenvalue weighted by Crippen LogP contribution is 2.09.